The molecule has 40 heavy (non-hydrogen) atoms. The van der Waals surface area contributed by atoms with Crippen molar-refractivity contribution < 1.29 is 37.7 Å². The lowest BCUT2D eigenvalue weighted by Gasteiger charge is -2.37. The number of fused-ring (bicyclic) bond motifs is 1. The summed E-state index contributed by atoms with van der Waals surface area (Å²) in [6.07, 6.45) is -6.16. The maximum Gasteiger partial charge on any atom is 0.405 e. The first-order valence-corrected chi connectivity index (χ1v) is 13.3. The van der Waals surface area contributed by atoms with Gasteiger partial charge in [-0.1, -0.05) is 48.5 Å². The van der Waals surface area contributed by atoms with Gasteiger partial charge >= 0.3 is 6.18 Å². The van der Waals surface area contributed by atoms with E-state index in [1.165, 1.54) is 0 Å². The number of rotatable bonds is 10. The summed E-state index contributed by atoms with van der Waals surface area (Å²) in [6.45, 7) is -0.404. The maximum absolute atomic E-state index is 13.6. The molecule has 218 valence electrons. The van der Waals surface area contributed by atoms with Crippen molar-refractivity contribution in [3.05, 3.63) is 65.7 Å². The standard InChI is InChI=1S/C28H35F3N4O5/c29-28(30,31)17-33-27(39)22-14-32-10-11-35(22)15-20(36)13-19(12-18-6-2-1-3-7-18)26(38)34-25-21-8-4-5-9-24(21)40-16-23(25)37/h1-9,19-20,22-23,25,32,36-37H,10-17H2,(H,33,39)(H,34,38)/t19?,20-,22-,23+,25-/m0/s1. The van der Waals surface area contributed by atoms with Gasteiger partial charge in [0.1, 0.15) is 31.0 Å². The van der Waals surface area contributed by atoms with E-state index >= 15 is 0 Å². The second kappa shape index (κ2) is 13.4. The molecule has 2 aromatic rings. The molecular weight excluding hydrogens is 529 g/mol. The number of carbonyl (C=O) groups is 2. The smallest absolute Gasteiger partial charge is 0.405 e. The number of aliphatic hydroxyl groups is 2. The summed E-state index contributed by atoms with van der Waals surface area (Å²) in [5.74, 6) is -1.24. The number of aliphatic hydroxyl groups excluding tert-OH is 2. The average molecular weight is 565 g/mol. The summed E-state index contributed by atoms with van der Waals surface area (Å²) in [5.41, 5.74) is 1.54. The largest absolute Gasteiger partial charge is 0.490 e. The summed E-state index contributed by atoms with van der Waals surface area (Å²) in [4.78, 5) is 27.7. The molecule has 2 aromatic carbocycles. The minimum absolute atomic E-state index is 0.00702. The summed E-state index contributed by atoms with van der Waals surface area (Å²) < 4.78 is 43.4. The van der Waals surface area contributed by atoms with Crippen LogP contribution in [0.1, 0.15) is 23.6 Å². The van der Waals surface area contributed by atoms with Crippen molar-refractivity contribution in [1.82, 2.24) is 20.9 Å². The first kappa shape index (κ1) is 29.8. The van der Waals surface area contributed by atoms with E-state index in [1.807, 2.05) is 35.6 Å². The summed E-state index contributed by atoms with van der Waals surface area (Å²) in [6, 6.07) is 14.9. The Morgan fingerprint density at radius 2 is 1.85 bits per heavy atom. The van der Waals surface area contributed by atoms with Crippen molar-refractivity contribution in [2.45, 2.75) is 43.3 Å². The number of hydrogen-bond donors (Lipinski definition) is 5. The number of para-hydroxylation sites is 1. The molecule has 5 N–H and O–H groups in total. The van der Waals surface area contributed by atoms with Crippen LogP contribution in [0.5, 0.6) is 5.75 Å². The molecule has 1 saturated heterocycles. The van der Waals surface area contributed by atoms with Crippen LogP contribution in [0, 0.1) is 5.92 Å². The van der Waals surface area contributed by atoms with Crippen LogP contribution in [-0.4, -0.2) is 90.7 Å². The molecule has 2 heterocycles. The van der Waals surface area contributed by atoms with E-state index in [0.29, 0.717) is 30.8 Å². The van der Waals surface area contributed by atoms with E-state index < -0.39 is 48.8 Å². The monoisotopic (exact) mass is 564 g/mol. The van der Waals surface area contributed by atoms with Gasteiger partial charge in [-0.3, -0.25) is 14.5 Å². The van der Waals surface area contributed by atoms with Crippen LogP contribution < -0.4 is 20.7 Å². The fourth-order valence-electron chi connectivity index (χ4n) is 5.18. The highest BCUT2D eigenvalue weighted by Gasteiger charge is 2.36. The first-order chi connectivity index (χ1) is 19.1. The number of hydrogen-bond acceptors (Lipinski definition) is 7. The van der Waals surface area contributed by atoms with Crippen molar-refractivity contribution in [2.24, 2.45) is 5.92 Å². The molecule has 0 radical (unpaired) electrons. The number of piperazine rings is 1. The highest BCUT2D eigenvalue weighted by Crippen LogP contribution is 2.32. The number of halogens is 3. The summed E-state index contributed by atoms with van der Waals surface area (Å²) in [5, 5.41) is 29.5. The maximum atomic E-state index is 13.6. The Labute approximate surface area is 230 Å². The Hall–Kier alpha value is -3.19. The number of amides is 2. The van der Waals surface area contributed by atoms with E-state index in [0.717, 1.165) is 5.56 Å². The normalized spacial score (nSPS) is 22.9. The van der Waals surface area contributed by atoms with Crippen LogP contribution in [0.15, 0.2) is 54.6 Å². The molecule has 1 fully saturated rings. The third-order valence-electron chi connectivity index (χ3n) is 7.16. The van der Waals surface area contributed by atoms with Gasteiger partial charge < -0.3 is 30.9 Å². The molecule has 4 rings (SSSR count). The van der Waals surface area contributed by atoms with Crippen molar-refractivity contribution >= 4 is 11.8 Å². The highest BCUT2D eigenvalue weighted by molar-refractivity contribution is 5.82. The van der Waals surface area contributed by atoms with Gasteiger partial charge in [0.2, 0.25) is 11.8 Å². The Morgan fingerprint density at radius 1 is 1.12 bits per heavy atom. The molecule has 1 unspecified atom stereocenters. The number of β-amino-alcohol motifs (C(OH)–C–C–N with tert-alkyl or cyclic N) is 1. The van der Waals surface area contributed by atoms with Crippen LogP contribution in [0.25, 0.3) is 0 Å². The molecule has 2 aliphatic rings. The lowest BCUT2D eigenvalue weighted by atomic mass is 9.90. The molecule has 0 spiro atoms. The van der Waals surface area contributed by atoms with Crippen molar-refractivity contribution in [1.29, 1.82) is 0 Å². The fourth-order valence-corrected chi connectivity index (χ4v) is 5.18. The van der Waals surface area contributed by atoms with Gasteiger partial charge in [-0.2, -0.15) is 13.2 Å². The van der Waals surface area contributed by atoms with Gasteiger partial charge in [-0.15, -0.1) is 0 Å². The van der Waals surface area contributed by atoms with Crippen LogP contribution in [0.3, 0.4) is 0 Å². The summed E-state index contributed by atoms with van der Waals surface area (Å²) in [7, 11) is 0. The van der Waals surface area contributed by atoms with Crippen LogP contribution in [0.4, 0.5) is 13.2 Å². The molecule has 2 amide bonds. The molecule has 12 heteroatoms. The van der Waals surface area contributed by atoms with E-state index in [-0.39, 0.29) is 32.0 Å². The minimum atomic E-state index is -4.53. The number of ether oxygens (including phenoxy) is 1. The van der Waals surface area contributed by atoms with Gasteiger partial charge in [0.15, 0.2) is 0 Å². The Bertz CT molecular complexity index is 1140. The van der Waals surface area contributed by atoms with Crippen LogP contribution >= 0.6 is 0 Å². The lowest BCUT2D eigenvalue weighted by molar-refractivity contribution is -0.142. The minimum Gasteiger partial charge on any atom is -0.490 e. The third kappa shape index (κ3) is 8.17. The van der Waals surface area contributed by atoms with E-state index in [4.69, 9.17) is 4.74 Å². The molecular formula is C28H35F3N4O5. The first-order valence-electron chi connectivity index (χ1n) is 13.3. The Morgan fingerprint density at radius 3 is 2.60 bits per heavy atom. The van der Waals surface area contributed by atoms with E-state index in [9.17, 15) is 33.0 Å². The molecule has 0 aliphatic carbocycles. The van der Waals surface area contributed by atoms with E-state index in [1.54, 1.807) is 29.2 Å². The topological polar surface area (TPSA) is 123 Å². The molecule has 0 aromatic heterocycles. The Balaban J connectivity index is 1.45. The van der Waals surface area contributed by atoms with Crippen molar-refractivity contribution in [2.75, 3.05) is 39.3 Å². The van der Waals surface area contributed by atoms with Gasteiger partial charge in [-0.05, 0) is 24.5 Å². The van der Waals surface area contributed by atoms with Crippen LogP contribution in [-0.2, 0) is 16.0 Å². The SMILES string of the molecule is O=C(N[C@H]1c2ccccc2OC[C@H]1O)C(Cc1ccccc1)C[C@H](O)CN1CCNC[C@H]1C(=O)NCC(F)(F)F. The second-order valence-electron chi connectivity index (χ2n) is 10.2. The lowest BCUT2D eigenvalue weighted by Crippen LogP contribution is -2.60. The average Bonchev–Trinajstić information content (AvgIpc) is 2.93. The highest BCUT2D eigenvalue weighted by atomic mass is 19.4. The third-order valence-corrected chi connectivity index (χ3v) is 7.16. The van der Waals surface area contributed by atoms with Gasteiger partial charge in [0, 0.05) is 37.7 Å². The Kier molecular flexibility index (Phi) is 10.0. The van der Waals surface area contributed by atoms with Gasteiger partial charge in [0.25, 0.3) is 0 Å². The van der Waals surface area contributed by atoms with E-state index in [2.05, 4.69) is 10.6 Å². The quantitative estimate of drug-likeness (QED) is 0.294. The molecule has 0 bridgehead atoms. The second-order valence-corrected chi connectivity index (χ2v) is 10.2. The zero-order valence-electron chi connectivity index (χ0n) is 21.9. The number of nitrogens with zero attached hydrogens (tertiary/aromatic N) is 1. The fraction of sp³-hybridized carbons (Fsp3) is 0.500. The predicted molar refractivity (Wildman–Crippen MR) is 140 cm³/mol. The number of carbonyl (C=O) groups excluding carboxylic acids is 2. The molecule has 9 nitrogen and oxygen atoms in total. The number of nitrogens with one attached hydrogen (secondary N) is 3. The number of benzene rings is 2. The summed E-state index contributed by atoms with van der Waals surface area (Å²) >= 11 is 0. The predicted octanol–water partition coefficient (Wildman–Crippen LogP) is 1.16. The molecule has 0 saturated carbocycles. The zero-order chi connectivity index (χ0) is 28.7. The van der Waals surface area contributed by atoms with Gasteiger partial charge in [-0.25, -0.2) is 0 Å². The number of alkyl halides is 3. The zero-order valence-corrected chi connectivity index (χ0v) is 21.9. The van der Waals surface area contributed by atoms with Crippen molar-refractivity contribution in [3.63, 3.8) is 0 Å². The molecule has 2 aliphatic heterocycles. The van der Waals surface area contributed by atoms with Gasteiger partial charge in [0.05, 0.1) is 12.1 Å². The van der Waals surface area contributed by atoms with Crippen molar-refractivity contribution in [3.8, 4) is 5.75 Å². The van der Waals surface area contributed by atoms with Crippen LogP contribution in [0.2, 0.25) is 0 Å². The molecule has 5 atom stereocenters.